The summed E-state index contributed by atoms with van der Waals surface area (Å²) in [4.78, 5) is 37.2. The zero-order valence-corrected chi connectivity index (χ0v) is 11.4. The van der Waals surface area contributed by atoms with Gasteiger partial charge in [0.2, 0.25) is 11.8 Å². The second-order valence-corrected chi connectivity index (χ2v) is 4.99. The van der Waals surface area contributed by atoms with Crippen molar-refractivity contribution >= 4 is 23.8 Å². The fourth-order valence-electron chi connectivity index (χ4n) is 1.77. The van der Waals surface area contributed by atoms with Crippen molar-refractivity contribution in [2.24, 2.45) is 4.58 Å². The molecule has 1 aliphatic rings. The van der Waals surface area contributed by atoms with Crippen LogP contribution in [-0.2, 0) is 9.59 Å². The van der Waals surface area contributed by atoms with Crippen LogP contribution >= 0.6 is 11.9 Å². The number of carbonyl (C=O) groups is 2. The largest absolute Gasteiger partial charge is 0.344 e. The summed E-state index contributed by atoms with van der Waals surface area (Å²) in [5.74, 6) is -0.253. The van der Waals surface area contributed by atoms with Gasteiger partial charge >= 0.3 is 0 Å². The second-order valence-electron chi connectivity index (χ2n) is 4.25. The average molecular weight is 274 g/mol. The summed E-state index contributed by atoms with van der Waals surface area (Å²) in [5.41, 5.74) is 0. The highest BCUT2D eigenvalue weighted by Crippen LogP contribution is 2.08. The van der Waals surface area contributed by atoms with Gasteiger partial charge < -0.3 is 15.1 Å². The van der Waals surface area contributed by atoms with Crippen molar-refractivity contribution in [1.29, 1.82) is 0 Å². The molecule has 0 aromatic heterocycles. The molecule has 1 atom stereocenters. The standard InChI is InChI=1S/C10H18N4O3S/c1-8(15)11-9(7-18-12-17)10(16)14-5-3-13(2)4-6-14/h9H,3-7H2,1-2H3,(H,11,15)/t9-/m0/s1. The van der Waals surface area contributed by atoms with Gasteiger partial charge in [0.15, 0.2) is 0 Å². The third kappa shape index (κ3) is 4.61. The maximum Gasteiger partial charge on any atom is 0.246 e. The van der Waals surface area contributed by atoms with Crippen LogP contribution < -0.4 is 5.32 Å². The molecule has 0 spiro atoms. The zero-order chi connectivity index (χ0) is 13.5. The van der Waals surface area contributed by atoms with E-state index < -0.39 is 6.04 Å². The number of likely N-dealkylation sites (N-methyl/N-ethyl adjacent to an activating group) is 1. The molecule has 1 saturated heterocycles. The predicted octanol–water partition coefficient (Wildman–Crippen LogP) is -0.320. The molecule has 0 aromatic carbocycles. The molecule has 8 heteroatoms. The molecule has 1 fully saturated rings. The van der Waals surface area contributed by atoms with Gasteiger partial charge in [0.1, 0.15) is 6.04 Å². The molecule has 1 N–H and O–H groups in total. The molecule has 2 amide bonds. The van der Waals surface area contributed by atoms with E-state index in [2.05, 4.69) is 14.8 Å². The van der Waals surface area contributed by atoms with Crippen molar-refractivity contribution in [3.8, 4) is 0 Å². The molecule has 0 bridgehead atoms. The number of nitrogens with one attached hydrogen (secondary N) is 1. The molecule has 18 heavy (non-hydrogen) atoms. The van der Waals surface area contributed by atoms with E-state index in [4.69, 9.17) is 0 Å². The smallest absolute Gasteiger partial charge is 0.246 e. The van der Waals surface area contributed by atoms with Crippen LogP contribution in [0, 0.1) is 4.91 Å². The lowest BCUT2D eigenvalue weighted by molar-refractivity contribution is -0.136. The fourth-order valence-corrected chi connectivity index (χ4v) is 2.21. The minimum Gasteiger partial charge on any atom is -0.344 e. The monoisotopic (exact) mass is 274 g/mol. The molecule has 1 rings (SSSR count). The minimum absolute atomic E-state index is 0.144. The van der Waals surface area contributed by atoms with Crippen LogP contribution in [0.3, 0.4) is 0 Å². The van der Waals surface area contributed by atoms with Crippen molar-refractivity contribution in [2.75, 3.05) is 39.0 Å². The number of hydrogen-bond donors (Lipinski definition) is 1. The van der Waals surface area contributed by atoms with Gasteiger partial charge in [-0.25, -0.2) is 0 Å². The minimum atomic E-state index is -0.673. The first-order chi connectivity index (χ1) is 8.54. The van der Waals surface area contributed by atoms with E-state index in [0.717, 1.165) is 25.0 Å². The van der Waals surface area contributed by atoms with Gasteiger partial charge in [0.05, 0.1) is 0 Å². The Balaban J connectivity index is 2.56. The van der Waals surface area contributed by atoms with Crippen LogP contribution in [0.25, 0.3) is 0 Å². The van der Waals surface area contributed by atoms with Gasteiger partial charge in [0.25, 0.3) is 0 Å². The highest BCUT2D eigenvalue weighted by Gasteiger charge is 2.27. The molecule has 1 heterocycles. The molecular weight excluding hydrogens is 256 g/mol. The Morgan fingerprint density at radius 2 is 1.94 bits per heavy atom. The second kappa shape index (κ2) is 7.32. The highest BCUT2D eigenvalue weighted by atomic mass is 32.2. The summed E-state index contributed by atoms with van der Waals surface area (Å²) >= 11 is 0.748. The molecular formula is C10H18N4O3S. The molecule has 0 radical (unpaired) electrons. The maximum atomic E-state index is 12.2. The first kappa shape index (κ1) is 14.9. The fraction of sp³-hybridized carbons (Fsp3) is 0.800. The molecule has 0 aliphatic carbocycles. The van der Waals surface area contributed by atoms with Gasteiger partial charge in [-0.3, -0.25) is 9.59 Å². The molecule has 1 aliphatic heterocycles. The van der Waals surface area contributed by atoms with Crippen LogP contribution in [0.15, 0.2) is 4.58 Å². The van der Waals surface area contributed by atoms with E-state index in [1.54, 1.807) is 4.90 Å². The number of nitroso groups, excluding NO2 is 1. The van der Waals surface area contributed by atoms with Crippen LogP contribution in [0.2, 0.25) is 0 Å². The number of amides is 2. The summed E-state index contributed by atoms with van der Waals surface area (Å²) in [6.07, 6.45) is 0. The van der Waals surface area contributed by atoms with Gasteiger partial charge in [-0.15, -0.1) is 4.91 Å². The highest BCUT2D eigenvalue weighted by molar-refractivity contribution is 7.97. The van der Waals surface area contributed by atoms with Crippen LogP contribution in [0.5, 0.6) is 0 Å². The Bertz CT molecular complexity index is 318. The lowest BCUT2D eigenvalue weighted by Gasteiger charge is -2.34. The predicted molar refractivity (Wildman–Crippen MR) is 69.9 cm³/mol. The topological polar surface area (TPSA) is 82.1 Å². The van der Waals surface area contributed by atoms with Crippen molar-refractivity contribution in [3.63, 3.8) is 0 Å². The number of nitrogens with zero attached hydrogens (tertiary/aromatic N) is 3. The Hall–Kier alpha value is -1.15. The van der Waals surface area contributed by atoms with Gasteiger partial charge in [0, 0.05) is 55.4 Å². The third-order valence-electron chi connectivity index (χ3n) is 2.78. The van der Waals surface area contributed by atoms with E-state index in [0.29, 0.717) is 13.1 Å². The summed E-state index contributed by atoms with van der Waals surface area (Å²) in [5, 5.41) is 2.56. The summed E-state index contributed by atoms with van der Waals surface area (Å²) in [6.45, 7) is 4.27. The Morgan fingerprint density at radius 1 is 1.33 bits per heavy atom. The lowest BCUT2D eigenvalue weighted by Crippen LogP contribution is -2.54. The normalized spacial score (nSPS) is 18.2. The average Bonchev–Trinajstić information content (AvgIpc) is 2.34. The molecule has 0 unspecified atom stereocenters. The molecule has 7 nitrogen and oxygen atoms in total. The van der Waals surface area contributed by atoms with Crippen LogP contribution in [-0.4, -0.2) is 66.6 Å². The van der Waals surface area contributed by atoms with Crippen molar-refractivity contribution in [2.45, 2.75) is 13.0 Å². The Morgan fingerprint density at radius 3 is 2.44 bits per heavy atom. The first-order valence-corrected chi connectivity index (χ1v) is 6.68. The summed E-state index contributed by atoms with van der Waals surface area (Å²) in [7, 11) is 2.00. The van der Waals surface area contributed by atoms with Gasteiger partial charge in [-0.05, 0) is 7.05 Å². The van der Waals surface area contributed by atoms with Gasteiger partial charge in [-0.1, -0.05) is 0 Å². The SMILES string of the molecule is CC(=O)N[C@@H](CSN=O)C(=O)N1CCN(C)CC1. The number of piperazine rings is 1. The van der Waals surface area contributed by atoms with E-state index in [-0.39, 0.29) is 17.6 Å². The maximum absolute atomic E-state index is 12.2. The Labute approximate surface area is 110 Å². The van der Waals surface area contributed by atoms with Gasteiger partial charge in [-0.2, -0.15) is 0 Å². The summed E-state index contributed by atoms with van der Waals surface area (Å²) in [6, 6.07) is -0.673. The molecule has 102 valence electrons. The van der Waals surface area contributed by atoms with E-state index in [9.17, 15) is 14.5 Å². The summed E-state index contributed by atoms with van der Waals surface area (Å²) < 4.78 is 2.66. The van der Waals surface area contributed by atoms with Crippen molar-refractivity contribution in [1.82, 2.24) is 15.1 Å². The van der Waals surface area contributed by atoms with E-state index in [1.807, 2.05) is 7.05 Å². The number of rotatable bonds is 5. The molecule has 0 saturated carbocycles. The Kier molecular flexibility index (Phi) is 6.06. The zero-order valence-electron chi connectivity index (χ0n) is 10.6. The molecule has 0 aromatic rings. The lowest BCUT2D eigenvalue weighted by atomic mass is 10.2. The van der Waals surface area contributed by atoms with Crippen LogP contribution in [0.4, 0.5) is 0 Å². The third-order valence-corrected chi connectivity index (χ3v) is 3.37. The van der Waals surface area contributed by atoms with E-state index >= 15 is 0 Å². The number of hydrogen-bond acceptors (Lipinski definition) is 6. The first-order valence-electron chi connectivity index (χ1n) is 5.73. The number of carbonyl (C=O) groups excluding carboxylic acids is 2. The quantitative estimate of drug-likeness (QED) is 0.549. The van der Waals surface area contributed by atoms with E-state index in [1.165, 1.54) is 6.92 Å². The van der Waals surface area contributed by atoms with Crippen molar-refractivity contribution in [3.05, 3.63) is 4.91 Å². The van der Waals surface area contributed by atoms with Crippen molar-refractivity contribution < 1.29 is 9.59 Å². The van der Waals surface area contributed by atoms with Crippen LogP contribution in [0.1, 0.15) is 6.92 Å².